The van der Waals surface area contributed by atoms with Crippen molar-refractivity contribution in [3.05, 3.63) is 53.1 Å². The van der Waals surface area contributed by atoms with Gasteiger partial charge in [0.1, 0.15) is 5.75 Å². The number of alkyl halides is 3. The van der Waals surface area contributed by atoms with Gasteiger partial charge in [-0.2, -0.15) is 0 Å². The van der Waals surface area contributed by atoms with Gasteiger partial charge in [0.05, 0.1) is 15.5 Å². The lowest BCUT2D eigenvalue weighted by Gasteiger charge is -2.10. The molecule has 0 radical (unpaired) electrons. The van der Waals surface area contributed by atoms with E-state index in [9.17, 15) is 31.2 Å². The summed E-state index contributed by atoms with van der Waals surface area (Å²) in [5.41, 5.74) is -0.139. The Kier molecular flexibility index (Phi) is 7.29. The van der Waals surface area contributed by atoms with Crippen LogP contribution in [0.2, 0.25) is 5.02 Å². The van der Waals surface area contributed by atoms with Gasteiger partial charge in [-0.3, -0.25) is 4.79 Å². The lowest BCUT2D eigenvalue weighted by Crippen LogP contribution is -2.22. The molecule has 0 bridgehead atoms. The van der Waals surface area contributed by atoms with E-state index in [-0.39, 0.29) is 21.2 Å². The summed E-state index contributed by atoms with van der Waals surface area (Å²) in [6.45, 7) is -0.751. The van der Waals surface area contributed by atoms with Crippen LogP contribution in [0.25, 0.3) is 0 Å². The maximum absolute atomic E-state index is 12.1. The number of hydrogen-bond donors (Lipinski definition) is 2. The van der Waals surface area contributed by atoms with E-state index in [2.05, 4.69) is 14.8 Å². The van der Waals surface area contributed by atoms with Gasteiger partial charge in [0.25, 0.3) is 5.91 Å². The minimum Gasteiger partial charge on any atom is -0.452 e. The number of carbonyl (C=O) groups excluding carboxylic acids is 2. The molecule has 0 aliphatic rings. The maximum Gasteiger partial charge on any atom is 0.573 e. The molecule has 13 heteroatoms. The molecule has 1 amide bonds. The number of esters is 1. The van der Waals surface area contributed by atoms with Crippen LogP contribution in [-0.2, 0) is 19.6 Å². The minimum atomic E-state index is -4.84. The van der Waals surface area contributed by atoms with Gasteiger partial charge >= 0.3 is 12.3 Å². The summed E-state index contributed by atoms with van der Waals surface area (Å²) in [5, 5.41) is 2.22. The summed E-state index contributed by atoms with van der Waals surface area (Å²) in [7, 11) is -2.65. The molecule has 2 rings (SSSR count). The van der Waals surface area contributed by atoms with E-state index in [1.54, 1.807) is 0 Å². The molecule has 0 aliphatic carbocycles. The monoisotopic (exact) mass is 466 g/mol. The van der Waals surface area contributed by atoms with Crippen LogP contribution in [0.1, 0.15) is 10.4 Å². The first-order valence-corrected chi connectivity index (χ1v) is 9.83. The average molecular weight is 467 g/mol. The Bertz CT molecular complexity index is 1040. The van der Waals surface area contributed by atoms with Gasteiger partial charge in [-0.25, -0.2) is 17.9 Å². The smallest absolute Gasteiger partial charge is 0.452 e. The van der Waals surface area contributed by atoms with Crippen LogP contribution in [0.3, 0.4) is 0 Å². The third-order valence-corrected chi connectivity index (χ3v) is 5.18. The molecule has 2 aromatic carbocycles. The zero-order valence-corrected chi connectivity index (χ0v) is 16.7. The molecule has 0 saturated carbocycles. The van der Waals surface area contributed by atoms with E-state index < -0.39 is 40.6 Å². The molecular weight excluding hydrogens is 453 g/mol. The Morgan fingerprint density at radius 1 is 1.10 bits per heavy atom. The number of nitrogens with one attached hydrogen (secondary N) is 2. The van der Waals surface area contributed by atoms with Crippen LogP contribution in [0.15, 0.2) is 47.4 Å². The molecule has 0 unspecified atom stereocenters. The van der Waals surface area contributed by atoms with E-state index in [1.165, 1.54) is 19.2 Å². The van der Waals surface area contributed by atoms with Gasteiger partial charge in [-0.05, 0) is 49.5 Å². The summed E-state index contributed by atoms with van der Waals surface area (Å²) in [4.78, 5) is 23.8. The Morgan fingerprint density at radius 3 is 2.30 bits per heavy atom. The van der Waals surface area contributed by atoms with Crippen molar-refractivity contribution in [2.24, 2.45) is 0 Å². The number of carbonyl (C=O) groups is 2. The second kappa shape index (κ2) is 9.32. The van der Waals surface area contributed by atoms with Crippen molar-refractivity contribution in [1.82, 2.24) is 4.72 Å². The van der Waals surface area contributed by atoms with Crippen molar-refractivity contribution in [3.8, 4) is 5.75 Å². The summed E-state index contributed by atoms with van der Waals surface area (Å²) < 4.78 is 70.6. The SMILES string of the molecule is CNS(=O)(=O)c1ccc(Cl)c(C(=O)OCC(=O)Nc2ccc(OC(F)(F)F)cc2)c1. The van der Waals surface area contributed by atoms with Crippen LogP contribution in [0, 0.1) is 0 Å². The Morgan fingerprint density at radius 2 is 1.73 bits per heavy atom. The van der Waals surface area contributed by atoms with Gasteiger partial charge < -0.3 is 14.8 Å². The van der Waals surface area contributed by atoms with Crippen molar-refractivity contribution in [3.63, 3.8) is 0 Å². The molecule has 8 nitrogen and oxygen atoms in total. The molecule has 2 aromatic rings. The number of sulfonamides is 1. The van der Waals surface area contributed by atoms with Gasteiger partial charge in [0, 0.05) is 5.69 Å². The zero-order chi connectivity index (χ0) is 22.5. The summed E-state index contributed by atoms with van der Waals surface area (Å²) in [5.74, 6) is -2.31. The van der Waals surface area contributed by atoms with E-state index in [0.717, 1.165) is 30.3 Å². The fourth-order valence-corrected chi connectivity index (χ4v) is 3.04. The minimum absolute atomic E-state index is 0.0873. The van der Waals surface area contributed by atoms with E-state index in [4.69, 9.17) is 16.3 Å². The molecule has 0 atom stereocenters. The van der Waals surface area contributed by atoms with Crippen LogP contribution >= 0.6 is 11.6 Å². The van der Waals surface area contributed by atoms with E-state index >= 15 is 0 Å². The van der Waals surface area contributed by atoms with E-state index in [1.807, 2.05) is 0 Å². The molecule has 0 aliphatic heterocycles. The first-order valence-electron chi connectivity index (χ1n) is 7.97. The molecule has 0 spiro atoms. The molecule has 0 aromatic heterocycles. The lowest BCUT2D eigenvalue weighted by atomic mass is 10.2. The molecular formula is C17H14ClF3N2O6S. The number of halogens is 4. The van der Waals surface area contributed by atoms with Crippen molar-refractivity contribution < 1.29 is 40.7 Å². The zero-order valence-electron chi connectivity index (χ0n) is 15.1. The topological polar surface area (TPSA) is 111 Å². The van der Waals surface area contributed by atoms with Crippen molar-refractivity contribution in [2.45, 2.75) is 11.3 Å². The summed E-state index contributed by atoms with van der Waals surface area (Å²) >= 11 is 5.88. The number of anilines is 1. The van der Waals surface area contributed by atoms with Crippen LogP contribution in [0.4, 0.5) is 18.9 Å². The summed E-state index contributed by atoms with van der Waals surface area (Å²) in [6.07, 6.45) is -4.84. The van der Waals surface area contributed by atoms with Gasteiger partial charge in [0.15, 0.2) is 6.61 Å². The lowest BCUT2D eigenvalue weighted by molar-refractivity contribution is -0.274. The predicted molar refractivity (Wildman–Crippen MR) is 99.7 cm³/mol. The highest BCUT2D eigenvalue weighted by Crippen LogP contribution is 2.24. The highest BCUT2D eigenvalue weighted by molar-refractivity contribution is 7.89. The second-order valence-corrected chi connectivity index (χ2v) is 7.84. The number of hydrogen-bond acceptors (Lipinski definition) is 6. The molecule has 30 heavy (non-hydrogen) atoms. The first kappa shape index (κ1) is 23.4. The molecule has 2 N–H and O–H groups in total. The van der Waals surface area contributed by atoms with Crippen LogP contribution in [0.5, 0.6) is 5.75 Å². The Labute approximate surface area is 174 Å². The quantitative estimate of drug-likeness (QED) is 0.607. The number of ether oxygens (including phenoxy) is 2. The normalized spacial score (nSPS) is 11.6. The van der Waals surface area contributed by atoms with Gasteiger partial charge in [0.2, 0.25) is 10.0 Å². The van der Waals surface area contributed by atoms with Crippen molar-refractivity contribution in [1.29, 1.82) is 0 Å². The number of benzene rings is 2. The number of rotatable bonds is 7. The van der Waals surface area contributed by atoms with E-state index in [0.29, 0.717) is 0 Å². The van der Waals surface area contributed by atoms with Gasteiger partial charge in [-0.1, -0.05) is 11.6 Å². The second-order valence-electron chi connectivity index (χ2n) is 5.55. The molecule has 0 heterocycles. The average Bonchev–Trinajstić information content (AvgIpc) is 2.66. The number of amides is 1. The van der Waals surface area contributed by atoms with Crippen molar-refractivity contribution in [2.75, 3.05) is 19.0 Å². The third kappa shape index (κ3) is 6.61. The highest BCUT2D eigenvalue weighted by atomic mass is 35.5. The summed E-state index contributed by atoms with van der Waals surface area (Å²) in [6, 6.07) is 7.66. The molecule has 0 fully saturated rings. The van der Waals surface area contributed by atoms with Gasteiger partial charge in [-0.15, -0.1) is 13.2 Å². The Hall–Kier alpha value is -2.83. The highest BCUT2D eigenvalue weighted by Gasteiger charge is 2.31. The standard InChI is InChI=1S/C17H14ClF3N2O6S/c1-22-30(26,27)12-6-7-14(18)13(8-12)16(25)28-9-15(24)23-10-2-4-11(5-3-10)29-17(19,20)21/h2-8,22H,9H2,1H3,(H,23,24). The molecule has 0 saturated heterocycles. The predicted octanol–water partition coefficient (Wildman–Crippen LogP) is 2.94. The van der Waals surface area contributed by atoms with Crippen molar-refractivity contribution >= 4 is 39.2 Å². The fraction of sp³-hybridized carbons (Fsp3) is 0.176. The van der Waals surface area contributed by atoms with Crippen LogP contribution in [-0.4, -0.2) is 40.3 Å². The maximum atomic E-state index is 12.1. The fourth-order valence-electron chi connectivity index (χ4n) is 2.09. The Balaban J connectivity index is 1.98. The third-order valence-electron chi connectivity index (χ3n) is 3.44. The molecule has 162 valence electrons. The van der Waals surface area contributed by atoms with Crippen LogP contribution < -0.4 is 14.8 Å². The largest absolute Gasteiger partial charge is 0.573 e. The first-order chi connectivity index (χ1) is 13.9.